The Balaban J connectivity index is 1.69. The number of hydrogen-bond donors (Lipinski definition) is 1. The maximum absolute atomic E-state index is 5.48. The van der Waals surface area contributed by atoms with Crippen LogP contribution in [0.3, 0.4) is 0 Å². The highest BCUT2D eigenvalue weighted by Crippen LogP contribution is 2.33. The molecule has 3 heteroatoms. The van der Waals surface area contributed by atoms with Gasteiger partial charge in [-0.05, 0) is 68.2 Å². The molecule has 1 aliphatic carbocycles. The van der Waals surface area contributed by atoms with E-state index in [-0.39, 0.29) is 0 Å². The highest BCUT2D eigenvalue weighted by molar-refractivity contribution is 5.39. The van der Waals surface area contributed by atoms with Gasteiger partial charge in [-0.1, -0.05) is 6.07 Å². The Morgan fingerprint density at radius 1 is 1.24 bits per heavy atom. The maximum Gasteiger partial charge on any atom is 0.119 e. The number of methoxy groups -OCH3 is 1. The highest BCUT2D eigenvalue weighted by atomic mass is 16.5. The van der Waals surface area contributed by atoms with Crippen molar-refractivity contribution in [2.45, 2.75) is 51.1 Å². The second-order valence-corrected chi connectivity index (χ2v) is 6.41. The van der Waals surface area contributed by atoms with Crippen LogP contribution in [0.5, 0.6) is 5.75 Å². The fourth-order valence-corrected chi connectivity index (χ4v) is 3.76. The first kappa shape index (κ1) is 14.9. The monoisotopic (exact) mass is 289 g/mol. The van der Waals surface area contributed by atoms with E-state index in [1.165, 1.54) is 43.2 Å². The molecule has 0 bridgehead atoms. The largest absolute Gasteiger partial charge is 0.497 e. The summed E-state index contributed by atoms with van der Waals surface area (Å²) in [5.41, 5.74) is 2.93. The van der Waals surface area contributed by atoms with Gasteiger partial charge in [0.25, 0.3) is 0 Å². The SMILES string of the molecule is COc1ccc2c(c1)CCCC2NC(C)C1CCOCC1. The fourth-order valence-electron chi connectivity index (χ4n) is 3.76. The molecule has 1 N–H and O–H groups in total. The van der Waals surface area contributed by atoms with E-state index in [2.05, 4.69) is 30.4 Å². The van der Waals surface area contributed by atoms with Crippen molar-refractivity contribution < 1.29 is 9.47 Å². The minimum absolute atomic E-state index is 0.498. The molecule has 1 fully saturated rings. The van der Waals surface area contributed by atoms with Crippen LogP contribution in [-0.2, 0) is 11.2 Å². The van der Waals surface area contributed by atoms with Gasteiger partial charge in [0.1, 0.15) is 5.75 Å². The highest BCUT2D eigenvalue weighted by Gasteiger charge is 2.26. The molecule has 2 aliphatic rings. The molecule has 0 saturated carbocycles. The lowest BCUT2D eigenvalue weighted by atomic mass is 9.85. The van der Waals surface area contributed by atoms with Crippen LogP contribution in [0, 0.1) is 5.92 Å². The van der Waals surface area contributed by atoms with Gasteiger partial charge in [-0.3, -0.25) is 0 Å². The topological polar surface area (TPSA) is 30.5 Å². The van der Waals surface area contributed by atoms with E-state index >= 15 is 0 Å². The van der Waals surface area contributed by atoms with Crippen molar-refractivity contribution in [3.05, 3.63) is 29.3 Å². The lowest BCUT2D eigenvalue weighted by Crippen LogP contribution is -2.39. The summed E-state index contributed by atoms with van der Waals surface area (Å²) in [5, 5.41) is 3.89. The zero-order chi connectivity index (χ0) is 14.7. The number of ether oxygens (including phenoxy) is 2. The van der Waals surface area contributed by atoms with Crippen molar-refractivity contribution in [3.8, 4) is 5.75 Å². The summed E-state index contributed by atoms with van der Waals surface area (Å²) in [4.78, 5) is 0. The molecular formula is C18H27NO2. The Morgan fingerprint density at radius 3 is 2.81 bits per heavy atom. The van der Waals surface area contributed by atoms with E-state index in [9.17, 15) is 0 Å². The summed E-state index contributed by atoms with van der Waals surface area (Å²) in [7, 11) is 1.74. The van der Waals surface area contributed by atoms with Crippen LogP contribution in [0.1, 0.15) is 49.8 Å². The van der Waals surface area contributed by atoms with Gasteiger partial charge in [-0.2, -0.15) is 0 Å². The summed E-state index contributed by atoms with van der Waals surface area (Å²) in [6.45, 7) is 4.19. The Morgan fingerprint density at radius 2 is 2.05 bits per heavy atom. The Labute approximate surface area is 128 Å². The van der Waals surface area contributed by atoms with Gasteiger partial charge in [0.2, 0.25) is 0 Å². The number of fused-ring (bicyclic) bond motifs is 1. The molecule has 0 aromatic heterocycles. The lowest BCUT2D eigenvalue weighted by Gasteiger charge is -2.34. The molecule has 1 aromatic rings. The van der Waals surface area contributed by atoms with Gasteiger partial charge in [0.15, 0.2) is 0 Å². The van der Waals surface area contributed by atoms with Gasteiger partial charge in [-0.25, -0.2) is 0 Å². The van der Waals surface area contributed by atoms with Gasteiger partial charge < -0.3 is 14.8 Å². The minimum Gasteiger partial charge on any atom is -0.497 e. The Kier molecular flexibility index (Phi) is 4.81. The van der Waals surface area contributed by atoms with Crippen molar-refractivity contribution in [3.63, 3.8) is 0 Å². The summed E-state index contributed by atoms with van der Waals surface area (Å²) in [6, 6.07) is 7.62. The first-order valence-corrected chi connectivity index (χ1v) is 8.28. The quantitative estimate of drug-likeness (QED) is 0.920. The van der Waals surface area contributed by atoms with E-state index in [4.69, 9.17) is 9.47 Å². The summed E-state index contributed by atoms with van der Waals surface area (Å²) in [6.07, 6.45) is 6.06. The van der Waals surface area contributed by atoms with Crippen molar-refractivity contribution in [2.75, 3.05) is 20.3 Å². The third kappa shape index (κ3) is 3.41. The molecule has 116 valence electrons. The molecule has 3 nitrogen and oxygen atoms in total. The molecule has 1 aromatic carbocycles. The van der Waals surface area contributed by atoms with Gasteiger partial charge in [0, 0.05) is 25.3 Å². The number of hydrogen-bond acceptors (Lipinski definition) is 3. The maximum atomic E-state index is 5.48. The Bertz CT molecular complexity index is 468. The molecule has 1 saturated heterocycles. The van der Waals surface area contributed by atoms with E-state index < -0.39 is 0 Å². The summed E-state index contributed by atoms with van der Waals surface area (Å²) in [5.74, 6) is 1.73. The molecule has 1 heterocycles. The number of aryl methyl sites for hydroxylation is 1. The van der Waals surface area contributed by atoms with E-state index in [1.807, 2.05) is 0 Å². The van der Waals surface area contributed by atoms with Crippen LogP contribution in [0.4, 0.5) is 0 Å². The zero-order valence-corrected chi connectivity index (χ0v) is 13.2. The molecule has 2 unspecified atom stereocenters. The predicted molar refractivity (Wildman–Crippen MR) is 84.8 cm³/mol. The van der Waals surface area contributed by atoms with Crippen LogP contribution in [0.15, 0.2) is 18.2 Å². The van der Waals surface area contributed by atoms with Crippen LogP contribution in [0.25, 0.3) is 0 Å². The average molecular weight is 289 g/mol. The zero-order valence-electron chi connectivity index (χ0n) is 13.2. The first-order chi connectivity index (χ1) is 10.3. The van der Waals surface area contributed by atoms with Crippen LogP contribution in [0.2, 0.25) is 0 Å². The van der Waals surface area contributed by atoms with Gasteiger partial charge in [0.05, 0.1) is 7.11 Å². The van der Waals surface area contributed by atoms with Crippen molar-refractivity contribution in [1.82, 2.24) is 5.32 Å². The minimum atomic E-state index is 0.498. The van der Waals surface area contributed by atoms with E-state index in [1.54, 1.807) is 7.11 Å². The fraction of sp³-hybridized carbons (Fsp3) is 0.667. The molecular weight excluding hydrogens is 262 g/mol. The Hall–Kier alpha value is -1.06. The average Bonchev–Trinajstić information content (AvgIpc) is 2.55. The van der Waals surface area contributed by atoms with Crippen LogP contribution in [-0.4, -0.2) is 26.4 Å². The van der Waals surface area contributed by atoms with E-state index in [0.717, 1.165) is 24.9 Å². The standard InChI is InChI=1S/C18H27NO2/c1-13(14-8-10-21-11-9-14)19-18-5-3-4-15-12-16(20-2)6-7-17(15)18/h6-7,12-14,18-19H,3-5,8-11H2,1-2H3. The normalized spacial score (nSPS) is 24.4. The van der Waals surface area contributed by atoms with Crippen molar-refractivity contribution in [2.24, 2.45) is 5.92 Å². The summed E-state index contributed by atoms with van der Waals surface area (Å²) >= 11 is 0. The number of nitrogens with one attached hydrogen (secondary N) is 1. The third-order valence-corrected chi connectivity index (χ3v) is 5.10. The molecule has 0 spiro atoms. The molecule has 3 rings (SSSR count). The second-order valence-electron chi connectivity index (χ2n) is 6.41. The smallest absolute Gasteiger partial charge is 0.119 e. The lowest BCUT2D eigenvalue weighted by molar-refractivity contribution is 0.0540. The predicted octanol–water partition coefficient (Wildman–Crippen LogP) is 3.48. The molecule has 0 radical (unpaired) electrons. The molecule has 1 aliphatic heterocycles. The molecule has 0 amide bonds. The molecule has 21 heavy (non-hydrogen) atoms. The van der Waals surface area contributed by atoms with E-state index in [0.29, 0.717) is 12.1 Å². The van der Waals surface area contributed by atoms with Crippen molar-refractivity contribution in [1.29, 1.82) is 0 Å². The second kappa shape index (κ2) is 6.80. The first-order valence-electron chi connectivity index (χ1n) is 8.28. The number of rotatable bonds is 4. The van der Waals surface area contributed by atoms with Crippen molar-refractivity contribution >= 4 is 0 Å². The molecule has 2 atom stereocenters. The van der Waals surface area contributed by atoms with Gasteiger partial charge in [-0.15, -0.1) is 0 Å². The summed E-state index contributed by atoms with van der Waals surface area (Å²) < 4.78 is 10.8. The van der Waals surface area contributed by atoms with Crippen LogP contribution >= 0.6 is 0 Å². The van der Waals surface area contributed by atoms with Gasteiger partial charge >= 0.3 is 0 Å². The number of benzene rings is 1. The third-order valence-electron chi connectivity index (χ3n) is 5.10. The van der Waals surface area contributed by atoms with Crippen LogP contribution < -0.4 is 10.1 Å².